The summed E-state index contributed by atoms with van der Waals surface area (Å²) < 4.78 is 1.51. The number of carbonyl (C=O) groups excluding carboxylic acids is 2. The molecule has 152 valence electrons. The van der Waals surface area contributed by atoms with E-state index in [1.54, 1.807) is 6.92 Å². The lowest BCUT2D eigenvalue weighted by Gasteiger charge is -2.11. The molecular weight excluding hydrogens is 388 g/mol. The molecule has 0 aliphatic rings. The van der Waals surface area contributed by atoms with Crippen molar-refractivity contribution in [3.05, 3.63) is 56.4 Å². The Morgan fingerprint density at radius 2 is 1.97 bits per heavy atom. The molecule has 29 heavy (non-hydrogen) atoms. The molecule has 2 aromatic heterocycles. The molecule has 0 aliphatic heterocycles. The maximum absolute atomic E-state index is 13.2. The van der Waals surface area contributed by atoms with Gasteiger partial charge in [0, 0.05) is 25.1 Å². The lowest BCUT2D eigenvalue weighted by molar-refractivity contribution is -0.118. The van der Waals surface area contributed by atoms with Crippen LogP contribution in [0.15, 0.2) is 29.1 Å². The summed E-state index contributed by atoms with van der Waals surface area (Å²) in [4.78, 5) is 42.9. The number of rotatable bonds is 7. The molecule has 2 amide bonds. The van der Waals surface area contributed by atoms with Crippen LogP contribution in [-0.4, -0.2) is 21.4 Å². The quantitative estimate of drug-likeness (QED) is 0.621. The fraction of sp³-hybridized carbons (Fsp3) is 0.333. The largest absolute Gasteiger partial charge is 0.370 e. The van der Waals surface area contributed by atoms with Crippen LogP contribution in [0.4, 0.5) is 5.69 Å². The summed E-state index contributed by atoms with van der Waals surface area (Å²) in [5.41, 5.74) is 7.31. The van der Waals surface area contributed by atoms with Crippen molar-refractivity contribution in [2.45, 2.75) is 46.6 Å². The Balaban J connectivity index is 2.07. The number of para-hydroxylation sites is 1. The van der Waals surface area contributed by atoms with Crippen LogP contribution in [0.3, 0.4) is 0 Å². The minimum absolute atomic E-state index is 0.0631. The first kappa shape index (κ1) is 20.7. The third-order valence-corrected chi connectivity index (χ3v) is 5.97. The standard InChI is InChI=1S/C21H24N4O3S/c1-4-7-16-24-20-17(21(28)25(16)11-10-15(22)26)13(3)18(29-20)19(27)23-14-9-6-5-8-12(14)2/h5-6,8-9H,4,7,10-11H2,1-3H3,(H2,22,26)(H,23,27). The molecule has 1 aromatic carbocycles. The molecule has 0 spiro atoms. The van der Waals surface area contributed by atoms with Gasteiger partial charge in [0.2, 0.25) is 5.91 Å². The minimum Gasteiger partial charge on any atom is -0.370 e. The van der Waals surface area contributed by atoms with Crippen molar-refractivity contribution < 1.29 is 9.59 Å². The first-order valence-electron chi connectivity index (χ1n) is 9.51. The van der Waals surface area contributed by atoms with Crippen LogP contribution in [0.1, 0.15) is 46.4 Å². The van der Waals surface area contributed by atoms with Crippen LogP contribution < -0.4 is 16.6 Å². The van der Waals surface area contributed by atoms with Gasteiger partial charge in [0.25, 0.3) is 11.5 Å². The van der Waals surface area contributed by atoms with Gasteiger partial charge in [-0.25, -0.2) is 4.98 Å². The molecule has 0 saturated carbocycles. The zero-order chi connectivity index (χ0) is 21.1. The van der Waals surface area contributed by atoms with Gasteiger partial charge in [0.05, 0.1) is 10.3 Å². The van der Waals surface area contributed by atoms with E-state index in [1.165, 1.54) is 15.9 Å². The van der Waals surface area contributed by atoms with Gasteiger partial charge in [-0.1, -0.05) is 25.1 Å². The van der Waals surface area contributed by atoms with Gasteiger partial charge in [-0.3, -0.25) is 19.0 Å². The fourth-order valence-corrected chi connectivity index (χ4v) is 4.32. The number of carbonyl (C=O) groups is 2. The van der Waals surface area contributed by atoms with E-state index in [2.05, 4.69) is 10.3 Å². The summed E-state index contributed by atoms with van der Waals surface area (Å²) in [6.45, 7) is 5.86. The van der Waals surface area contributed by atoms with Crippen LogP contribution in [0.25, 0.3) is 10.2 Å². The fourth-order valence-electron chi connectivity index (χ4n) is 3.23. The number of hydrogen-bond donors (Lipinski definition) is 2. The summed E-state index contributed by atoms with van der Waals surface area (Å²) in [6, 6.07) is 7.52. The molecule has 2 heterocycles. The predicted molar refractivity (Wildman–Crippen MR) is 116 cm³/mol. The van der Waals surface area contributed by atoms with Crippen molar-refractivity contribution in [1.82, 2.24) is 9.55 Å². The summed E-state index contributed by atoms with van der Waals surface area (Å²) in [6.07, 6.45) is 1.47. The average molecular weight is 413 g/mol. The Morgan fingerprint density at radius 1 is 1.24 bits per heavy atom. The number of amides is 2. The number of thiophene rings is 1. The summed E-state index contributed by atoms with van der Waals surface area (Å²) >= 11 is 1.22. The molecule has 0 radical (unpaired) electrons. The number of nitrogens with zero attached hydrogens (tertiary/aromatic N) is 2. The lowest BCUT2D eigenvalue weighted by Crippen LogP contribution is -2.27. The number of nitrogens with one attached hydrogen (secondary N) is 1. The van der Waals surface area contributed by atoms with Crippen LogP contribution in [0.5, 0.6) is 0 Å². The van der Waals surface area contributed by atoms with Gasteiger partial charge in [-0.05, 0) is 37.5 Å². The summed E-state index contributed by atoms with van der Waals surface area (Å²) in [5, 5.41) is 3.34. The second-order valence-electron chi connectivity index (χ2n) is 6.96. The Kier molecular flexibility index (Phi) is 6.12. The second kappa shape index (κ2) is 8.57. The molecule has 0 saturated heterocycles. The van der Waals surface area contributed by atoms with E-state index in [0.717, 1.165) is 17.7 Å². The predicted octanol–water partition coefficient (Wildman–Crippen LogP) is 3.16. The van der Waals surface area contributed by atoms with Crippen molar-refractivity contribution in [1.29, 1.82) is 0 Å². The van der Waals surface area contributed by atoms with E-state index < -0.39 is 5.91 Å². The van der Waals surface area contributed by atoms with Crippen molar-refractivity contribution in [3.63, 3.8) is 0 Å². The first-order valence-corrected chi connectivity index (χ1v) is 10.3. The van der Waals surface area contributed by atoms with Gasteiger partial charge in [0.15, 0.2) is 0 Å². The van der Waals surface area contributed by atoms with Crippen LogP contribution in [0.2, 0.25) is 0 Å². The average Bonchev–Trinajstić information content (AvgIpc) is 3.00. The number of aryl methyl sites for hydroxylation is 3. The van der Waals surface area contributed by atoms with Gasteiger partial charge in [-0.15, -0.1) is 11.3 Å². The van der Waals surface area contributed by atoms with Crippen molar-refractivity contribution >= 4 is 39.1 Å². The summed E-state index contributed by atoms with van der Waals surface area (Å²) in [7, 11) is 0. The molecule has 0 aliphatic carbocycles. The van der Waals surface area contributed by atoms with Crippen molar-refractivity contribution in [2.24, 2.45) is 5.73 Å². The smallest absolute Gasteiger partial charge is 0.266 e. The molecule has 0 unspecified atom stereocenters. The molecular formula is C21H24N4O3S. The van der Waals surface area contributed by atoms with E-state index >= 15 is 0 Å². The molecule has 8 heteroatoms. The number of hydrogen-bond acceptors (Lipinski definition) is 5. The minimum atomic E-state index is -0.472. The number of fused-ring (bicyclic) bond motifs is 1. The maximum Gasteiger partial charge on any atom is 0.266 e. The van der Waals surface area contributed by atoms with Crippen LogP contribution >= 0.6 is 11.3 Å². The highest BCUT2D eigenvalue weighted by Gasteiger charge is 2.22. The molecule has 0 fully saturated rings. The van der Waals surface area contributed by atoms with E-state index in [0.29, 0.717) is 32.9 Å². The van der Waals surface area contributed by atoms with E-state index in [1.807, 2.05) is 38.1 Å². The molecule has 7 nitrogen and oxygen atoms in total. The molecule has 3 N–H and O–H groups in total. The van der Waals surface area contributed by atoms with Gasteiger partial charge < -0.3 is 11.1 Å². The number of anilines is 1. The second-order valence-corrected chi connectivity index (χ2v) is 7.96. The lowest BCUT2D eigenvalue weighted by atomic mass is 10.1. The number of aromatic nitrogens is 2. The number of nitrogens with two attached hydrogens (primary N) is 1. The third-order valence-electron chi connectivity index (χ3n) is 4.78. The monoisotopic (exact) mass is 412 g/mol. The Bertz CT molecular complexity index is 1150. The molecule has 3 rings (SSSR count). The molecule has 3 aromatic rings. The number of benzene rings is 1. The van der Waals surface area contributed by atoms with Gasteiger partial charge >= 0.3 is 0 Å². The SMILES string of the molecule is CCCc1nc2sc(C(=O)Nc3ccccc3C)c(C)c2c(=O)n1CCC(N)=O. The van der Waals surface area contributed by atoms with Gasteiger partial charge in [-0.2, -0.15) is 0 Å². The highest BCUT2D eigenvalue weighted by molar-refractivity contribution is 7.20. The highest BCUT2D eigenvalue weighted by Crippen LogP contribution is 2.29. The third kappa shape index (κ3) is 4.22. The highest BCUT2D eigenvalue weighted by atomic mass is 32.1. The topological polar surface area (TPSA) is 107 Å². The Morgan fingerprint density at radius 3 is 2.62 bits per heavy atom. The van der Waals surface area contributed by atoms with Gasteiger partial charge in [0.1, 0.15) is 10.7 Å². The maximum atomic E-state index is 13.2. The van der Waals surface area contributed by atoms with E-state index in [4.69, 9.17) is 5.73 Å². The Labute approximate surface area is 172 Å². The zero-order valence-electron chi connectivity index (χ0n) is 16.7. The normalized spacial score (nSPS) is 11.0. The van der Waals surface area contributed by atoms with E-state index in [-0.39, 0.29) is 24.4 Å². The van der Waals surface area contributed by atoms with Crippen molar-refractivity contribution in [3.8, 4) is 0 Å². The zero-order valence-corrected chi connectivity index (χ0v) is 17.6. The van der Waals surface area contributed by atoms with Crippen molar-refractivity contribution in [2.75, 3.05) is 5.32 Å². The molecule has 0 bridgehead atoms. The first-order chi connectivity index (χ1) is 13.8. The Hall–Kier alpha value is -3.00. The van der Waals surface area contributed by atoms with E-state index in [9.17, 15) is 14.4 Å². The summed E-state index contributed by atoms with van der Waals surface area (Å²) in [5.74, 6) is -0.127. The van der Waals surface area contributed by atoms with Crippen LogP contribution in [0, 0.1) is 13.8 Å². The molecule has 0 atom stereocenters. The van der Waals surface area contributed by atoms with Crippen LogP contribution in [-0.2, 0) is 17.8 Å². The number of primary amides is 1.